The van der Waals surface area contributed by atoms with E-state index in [1.165, 1.54) is 16.1 Å². The van der Waals surface area contributed by atoms with Gasteiger partial charge in [0.05, 0.1) is 6.54 Å². The third-order valence-electron chi connectivity index (χ3n) is 4.57. The Balaban J connectivity index is 1.48. The zero-order valence-corrected chi connectivity index (χ0v) is 15.7. The van der Waals surface area contributed by atoms with E-state index >= 15 is 0 Å². The van der Waals surface area contributed by atoms with Crippen LogP contribution in [0.3, 0.4) is 0 Å². The minimum absolute atomic E-state index is 0.0567. The molecule has 132 valence electrons. The number of hydrogen-bond acceptors (Lipinski definition) is 4. The highest BCUT2D eigenvalue weighted by atomic mass is 32.2. The topological polar surface area (TPSA) is 35.6 Å². The average Bonchev–Trinajstić information content (AvgIpc) is 2.63. The highest BCUT2D eigenvalue weighted by molar-refractivity contribution is 7.98. The molecule has 1 aliphatic rings. The van der Waals surface area contributed by atoms with E-state index in [2.05, 4.69) is 46.3 Å². The minimum atomic E-state index is 0.0567. The predicted octanol–water partition coefficient (Wildman–Crippen LogP) is 3.48. The predicted molar refractivity (Wildman–Crippen MR) is 107 cm³/mol. The number of hydrogen-bond donors (Lipinski definition) is 1. The van der Waals surface area contributed by atoms with E-state index in [4.69, 9.17) is 0 Å². The van der Waals surface area contributed by atoms with Crippen molar-refractivity contribution in [3.05, 3.63) is 54.1 Å². The molecule has 3 rings (SSSR count). The summed E-state index contributed by atoms with van der Waals surface area (Å²) < 4.78 is 0. The van der Waals surface area contributed by atoms with Gasteiger partial charge in [0, 0.05) is 42.4 Å². The first kappa shape index (κ1) is 17.8. The SMILES string of the molecule is CSc1ccc(NC(=O)CN2CCN(c3ccccc3C)CC2)cc1. The Labute approximate surface area is 154 Å². The van der Waals surface area contributed by atoms with Crippen molar-refractivity contribution in [2.24, 2.45) is 0 Å². The van der Waals surface area contributed by atoms with Gasteiger partial charge in [-0.25, -0.2) is 0 Å². The van der Waals surface area contributed by atoms with Crippen LogP contribution in [0.4, 0.5) is 11.4 Å². The lowest BCUT2D eigenvalue weighted by Crippen LogP contribution is -2.48. The summed E-state index contributed by atoms with van der Waals surface area (Å²) in [7, 11) is 0. The summed E-state index contributed by atoms with van der Waals surface area (Å²) in [5, 5.41) is 2.99. The summed E-state index contributed by atoms with van der Waals surface area (Å²) in [6.07, 6.45) is 2.05. The Hall–Kier alpha value is -1.98. The molecule has 25 heavy (non-hydrogen) atoms. The van der Waals surface area contributed by atoms with E-state index in [1.807, 2.05) is 30.5 Å². The Morgan fingerprint density at radius 2 is 1.72 bits per heavy atom. The molecule has 1 amide bonds. The van der Waals surface area contributed by atoms with E-state index < -0.39 is 0 Å². The molecule has 0 saturated carbocycles. The second-order valence-electron chi connectivity index (χ2n) is 6.33. The fourth-order valence-corrected chi connectivity index (χ4v) is 3.55. The normalized spacial score (nSPS) is 15.2. The Morgan fingerprint density at radius 1 is 1.04 bits per heavy atom. The molecule has 0 unspecified atom stereocenters. The molecule has 0 bridgehead atoms. The fourth-order valence-electron chi connectivity index (χ4n) is 3.14. The van der Waals surface area contributed by atoms with Crippen molar-refractivity contribution in [1.29, 1.82) is 0 Å². The van der Waals surface area contributed by atoms with Gasteiger partial charge < -0.3 is 10.2 Å². The molecular weight excluding hydrogens is 330 g/mol. The number of amides is 1. The van der Waals surface area contributed by atoms with Crippen molar-refractivity contribution in [1.82, 2.24) is 4.90 Å². The second kappa shape index (κ2) is 8.41. The number of aryl methyl sites for hydroxylation is 1. The highest BCUT2D eigenvalue weighted by Gasteiger charge is 2.20. The Morgan fingerprint density at radius 3 is 2.36 bits per heavy atom. The molecule has 4 nitrogen and oxygen atoms in total. The number of carbonyl (C=O) groups excluding carboxylic acids is 1. The lowest BCUT2D eigenvalue weighted by Gasteiger charge is -2.36. The summed E-state index contributed by atoms with van der Waals surface area (Å²) in [5.74, 6) is 0.0567. The van der Waals surface area contributed by atoms with E-state index in [9.17, 15) is 4.79 Å². The molecule has 2 aromatic rings. The zero-order valence-electron chi connectivity index (χ0n) is 14.9. The van der Waals surface area contributed by atoms with Gasteiger partial charge in [-0.2, -0.15) is 0 Å². The van der Waals surface area contributed by atoms with E-state index in [0.717, 1.165) is 31.9 Å². The zero-order chi connectivity index (χ0) is 17.6. The standard InChI is InChI=1S/C20H25N3OS/c1-16-5-3-4-6-19(16)23-13-11-22(12-14-23)15-20(24)21-17-7-9-18(25-2)10-8-17/h3-10H,11-15H2,1-2H3,(H,21,24). The van der Waals surface area contributed by atoms with Crippen LogP contribution >= 0.6 is 11.8 Å². The molecule has 5 heteroatoms. The number of nitrogens with zero attached hydrogens (tertiary/aromatic N) is 2. The van der Waals surface area contributed by atoms with Gasteiger partial charge in [-0.1, -0.05) is 18.2 Å². The van der Waals surface area contributed by atoms with Crippen molar-refractivity contribution in [3.63, 3.8) is 0 Å². The maximum atomic E-state index is 12.3. The van der Waals surface area contributed by atoms with Gasteiger partial charge in [0.15, 0.2) is 0 Å². The molecule has 0 atom stereocenters. The quantitative estimate of drug-likeness (QED) is 0.833. The van der Waals surface area contributed by atoms with Crippen molar-refractivity contribution in [2.75, 3.05) is 49.2 Å². The molecule has 1 saturated heterocycles. The summed E-state index contributed by atoms with van der Waals surface area (Å²) in [5.41, 5.74) is 3.48. The van der Waals surface area contributed by atoms with Gasteiger partial charge in [-0.05, 0) is 49.1 Å². The van der Waals surface area contributed by atoms with Gasteiger partial charge in [0.2, 0.25) is 5.91 Å². The number of para-hydroxylation sites is 1. The maximum Gasteiger partial charge on any atom is 0.238 e. The van der Waals surface area contributed by atoms with Gasteiger partial charge in [0.25, 0.3) is 0 Å². The number of benzene rings is 2. The van der Waals surface area contributed by atoms with Crippen LogP contribution in [0, 0.1) is 6.92 Å². The monoisotopic (exact) mass is 355 g/mol. The second-order valence-corrected chi connectivity index (χ2v) is 7.21. The van der Waals surface area contributed by atoms with E-state index in [1.54, 1.807) is 11.8 Å². The lowest BCUT2D eigenvalue weighted by atomic mass is 10.1. The van der Waals surface area contributed by atoms with E-state index in [0.29, 0.717) is 6.54 Å². The summed E-state index contributed by atoms with van der Waals surface area (Å²) >= 11 is 1.70. The van der Waals surface area contributed by atoms with Crippen molar-refractivity contribution in [3.8, 4) is 0 Å². The van der Waals surface area contributed by atoms with Crippen molar-refractivity contribution >= 4 is 29.0 Å². The molecule has 1 N–H and O–H groups in total. The van der Waals surface area contributed by atoms with Crippen LogP contribution in [0.25, 0.3) is 0 Å². The summed E-state index contributed by atoms with van der Waals surface area (Å²) in [6.45, 7) is 6.34. The van der Waals surface area contributed by atoms with Gasteiger partial charge >= 0.3 is 0 Å². The molecule has 0 aliphatic carbocycles. The number of rotatable bonds is 5. The Kier molecular flexibility index (Phi) is 6.00. The molecule has 1 heterocycles. The molecular formula is C20H25N3OS. The number of piperazine rings is 1. The lowest BCUT2D eigenvalue weighted by molar-refractivity contribution is -0.117. The number of thioether (sulfide) groups is 1. The molecule has 0 spiro atoms. The van der Waals surface area contributed by atoms with Gasteiger partial charge in [0.1, 0.15) is 0 Å². The third kappa shape index (κ3) is 4.77. The molecule has 0 aromatic heterocycles. The van der Waals surface area contributed by atoms with Crippen molar-refractivity contribution in [2.45, 2.75) is 11.8 Å². The molecule has 2 aromatic carbocycles. The summed E-state index contributed by atoms with van der Waals surface area (Å²) in [6, 6.07) is 16.5. The van der Waals surface area contributed by atoms with Crippen LogP contribution < -0.4 is 10.2 Å². The van der Waals surface area contributed by atoms with Gasteiger partial charge in [-0.15, -0.1) is 11.8 Å². The largest absolute Gasteiger partial charge is 0.369 e. The van der Waals surface area contributed by atoms with Crippen molar-refractivity contribution < 1.29 is 4.79 Å². The smallest absolute Gasteiger partial charge is 0.238 e. The summed E-state index contributed by atoms with van der Waals surface area (Å²) in [4.78, 5) is 18.1. The molecule has 0 radical (unpaired) electrons. The van der Waals surface area contributed by atoms with Crippen LogP contribution in [-0.4, -0.2) is 49.8 Å². The van der Waals surface area contributed by atoms with Crippen LogP contribution in [0.2, 0.25) is 0 Å². The fraction of sp³-hybridized carbons (Fsp3) is 0.350. The number of carbonyl (C=O) groups is 1. The first-order chi connectivity index (χ1) is 12.2. The highest BCUT2D eigenvalue weighted by Crippen LogP contribution is 2.21. The molecule has 1 aliphatic heterocycles. The minimum Gasteiger partial charge on any atom is -0.369 e. The average molecular weight is 356 g/mol. The number of anilines is 2. The third-order valence-corrected chi connectivity index (χ3v) is 5.31. The van der Waals surface area contributed by atoms with Crippen LogP contribution in [0.1, 0.15) is 5.56 Å². The molecule has 1 fully saturated rings. The first-order valence-corrected chi connectivity index (χ1v) is 9.85. The van der Waals surface area contributed by atoms with Gasteiger partial charge in [-0.3, -0.25) is 9.69 Å². The van der Waals surface area contributed by atoms with Crippen LogP contribution in [0.15, 0.2) is 53.4 Å². The number of nitrogens with one attached hydrogen (secondary N) is 1. The Bertz CT molecular complexity index is 709. The first-order valence-electron chi connectivity index (χ1n) is 8.62. The maximum absolute atomic E-state index is 12.3. The van der Waals surface area contributed by atoms with E-state index in [-0.39, 0.29) is 5.91 Å². The van der Waals surface area contributed by atoms with Crippen LogP contribution in [-0.2, 0) is 4.79 Å². The van der Waals surface area contributed by atoms with Crippen LogP contribution in [0.5, 0.6) is 0 Å².